The van der Waals surface area contributed by atoms with E-state index in [2.05, 4.69) is 5.32 Å². The Morgan fingerprint density at radius 3 is 2.15 bits per heavy atom. The highest BCUT2D eigenvalue weighted by atomic mass is 16.5. The number of ether oxygens (including phenoxy) is 1. The Labute approximate surface area is 196 Å². The lowest BCUT2D eigenvalue weighted by Crippen LogP contribution is -2.29. The van der Waals surface area contributed by atoms with Crippen molar-refractivity contribution < 1.29 is 19.1 Å². The van der Waals surface area contributed by atoms with Gasteiger partial charge in [0.15, 0.2) is 0 Å². The summed E-state index contributed by atoms with van der Waals surface area (Å²) in [5, 5.41) is 2.83. The number of hydrogen-bond donors (Lipinski definition) is 1. The predicted octanol–water partition coefficient (Wildman–Crippen LogP) is 5.32. The van der Waals surface area contributed by atoms with Gasteiger partial charge in [-0.15, -0.1) is 0 Å². The molecule has 5 rings (SSSR count). The first-order chi connectivity index (χ1) is 16.6. The van der Waals surface area contributed by atoms with Gasteiger partial charge >= 0.3 is 0 Å². The van der Waals surface area contributed by atoms with Crippen LogP contribution in [0.4, 0.5) is 11.4 Å². The van der Waals surface area contributed by atoms with Gasteiger partial charge in [0, 0.05) is 11.3 Å². The van der Waals surface area contributed by atoms with Crippen molar-refractivity contribution in [3.05, 3.63) is 125 Å². The monoisotopic (exact) mass is 448 g/mol. The SMILES string of the molecule is O=C(Nc1cccc(N2C(=O)c3ccccc3C2=O)c1)c1cccc(OCc2ccccc2)c1. The van der Waals surface area contributed by atoms with E-state index in [0.717, 1.165) is 10.5 Å². The summed E-state index contributed by atoms with van der Waals surface area (Å²) in [7, 11) is 0. The Hall–Kier alpha value is -4.71. The number of imide groups is 1. The molecule has 0 bridgehead atoms. The van der Waals surface area contributed by atoms with Crippen LogP contribution in [0.25, 0.3) is 0 Å². The van der Waals surface area contributed by atoms with Crippen molar-refractivity contribution >= 4 is 29.1 Å². The first-order valence-electron chi connectivity index (χ1n) is 10.8. The molecule has 6 heteroatoms. The second kappa shape index (κ2) is 9.03. The third kappa shape index (κ3) is 4.17. The summed E-state index contributed by atoms with van der Waals surface area (Å²) in [5.74, 6) is -0.513. The zero-order valence-electron chi connectivity index (χ0n) is 18.1. The molecule has 0 atom stereocenters. The van der Waals surface area contributed by atoms with Crippen molar-refractivity contribution in [1.82, 2.24) is 0 Å². The van der Waals surface area contributed by atoms with E-state index in [1.165, 1.54) is 0 Å². The molecule has 1 aliphatic rings. The normalized spacial score (nSPS) is 12.4. The molecule has 0 aliphatic carbocycles. The van der Waals surface area contributed by atoms with E-state index in [4.69, 9.17) is 4.74 Å². The molecule has 1 N–H and O–H groups in total. The number of benzene rings is 4. The van der Waals surface area contributed by atoms with Gasteiger partial charge in [-0.25, -0.2) is 4.90 Å². The van der Waals surface area contributed by atoms with Gasteiger partial charge in [0.05, 0.1) is 16.8 Å². The van der Waals surface area contributed by atoms with E-state index in [1.54, 1.807) is 72.8 Å². The zero-order valence-corrected chi connectivity index (χ0v) is 18.1. The minimum absolute atomic E-state index is 0.329. The Bertz CT molecular complexity index is 1360. The van der Waals surface area contributed by atoms with E-state index in [-0.39, 0.29) is 17.7 Å². The smallest absolute Gasteiger partial charge is 0.266 e. The molecule has 166 valence electrons. The van der Waals surface area contributed by atoms with Gasteiger partial charge in [0.2, 0.25) is 0 Å². The molecule has 6 nitrogen and oxygen atoms in total. The van der Waals surface area contributed by atoms with Crippen LogP contribution in [-0.2, 0) is 6.61 Å². The third-order valence-electron chi connectivity index (χ3n) is 5.50. The molecule has 0 unspecified atom stereocenters. The zero-order chi connectivity index (χ0) is 23.5. The topological polar surface area (TPSA) is 75.7 Å². The van der Waals surface area contributed by atoms with Crippen LogP contribution < -0.4 is 15.0 Å². The van der Waals surface area contributed by atoms with Crippen molar-refractivity contribution in [2.24, 2.45) is 0 Å². The number of fused-ring (bicyclic) bond motifs is 1. The van der Waals surface area contributed by atoms with Crippen molar-refractivity contribution in [3.8, 4) is 5.75 Å². The molecule has 3 amide bonds. The molecule has 34 heavy (non-hydrogen) atoms. The van der Waals surface area contributed by atoms with E-state index >= 15 is 0 Å². The summed E-state index contributed by atoms with van der Waals surface area (Å²) in [6, 6.07) is 30.1. The molecule has 0 fully saturated rings. The van der Waals surface area contributed by atoms with Gasteiger partial charge in [0.25, 0.3) is 17.7 Å². The lowest BCUT2D eigenvalue weighted by atomic mass is 10.1. The Balaban J connectivity index is 1.30. The molecule has 0 radical (unpaired) electrons. The largest absolute Gasteiger partial charge is 0.489 e. The Kier molecular flexibility index (Phi) is 5.62. The van der Waals surface area contributed by atoms with Crippen LogP contribution in [-0.4, -0.2) is 17.7 Å². The number of carbonyl (C=O) groups is 3. The average molecular weight is 448 g/mol. The molecular formula is C28H20N2O4. The number of rotatable bonds is 6. The van der Waals surface area contributed by atoms with E-state index in [0.29, 0.717) is 40.4 Å². The molecule has 0 spiro atoms. The standard InChI is InChI=1S/C28H20N2O4/c31-26(20-10-6-13-23(16-20)34-18-19-8-2-1-3-9-19)29-21-11-7-12-22(17-21)30-27(32)24-14-4-5-15-25(24)28(30)33/h1-17H,18H2,(H,29,31). The van der Waals surface area contributed by atoms with Crippen LogP contribution in [0.15, 0.2) is 103 Å². The van der Waals surface area contributed by atoms with E-state index in [9.17, 15) is 14.4 Å². The van der Waals surface area contributed by atoms with Crippen LogP contribution in [0, 0.1) is 0 Å². The minimum Gasteiger partial charge on any atom is -0.489 e. The van der Waals surface area contributed by atoms with Gasteiger partial charge in [-0.1, -0.05) is 54.6 Å². The highest BCUT2D eigenvalue weighted by molar-refractivity contribution is 6.34. The number of anilines is 2. The number of nitrogens with zero attached hydrogens (tertiary/aromatic N) is 1. The molecule has 0 saturated heterocycles. The highest BCUT2D eigenvalue weighted by Gasteiger charge is 2.36. The Morgan fingerprint density at radius 1 is 0.735 bits per heavy atom. The summed E-state index contributed by atoms with van der Waals surface area (Å²) in [6.45, 7) is 0.397. The molecule has 0 aromatic heterocycles. The Morgan fingerprint density at radius 2 is 1.41 bits per heavy atom. The van der Waals surface area contributed by atoms with E-state index < -0.39 is 0 Å². The summed E-state index contributed by atoms with van der Waals surface area (Å²) in [5.41, 5.74) is 3.06. The first kappa shape index (κ1) is 21.2. The predicted molar refractivity (Wildman–Crippen MR) is 129 cm³/mol. The molecular weight excluding hydrogens is 428 g/mol. The van der Waals surface area contributed by atoms with E-state index in [1.807, 2.05) is 30.3 Å². The summed E-state index contributed by atoms with van der Waals surface area (Å²) >= 11 is 0. The second-order valence-corrected chi connectivity index (χ2v) is 7.80. The maximum atomic E-state index is 12.9. The van der Waals surface area contributed by atoms with Crippen LogP contribution in [0.1, 0.15) is 36.6 Å². The van der Waals surface area contributed by atoms with Crippen LogP contribution in [0.3, 0.4) is 0 Å². The summed E-state index contributed by atoms with van der Waals surface area (Å²) < 4.78 is 5.81. The van der Waals surface area contributed by atoms with Crippen molar-refractivity contribution in [1.29, 1.82) is 0 Å². The van der Waals surface area contributed by atoms with Gasteiger partial charge in [-0.3, -0.25) is 14.4 Å². The van der Waals surface area contributed by atoms with Crippen LogP contribution >= 0.6 is 0 Å². The van der Waals surface area contributed by atoms with Crippen LogP contribution in [0.5, 0.6) is 5.75 Å². The number of carbonyl (C=O) groups excluding carboxylic acids is 3. The summed E-state index contributed by atoms with van der Waals surface area (Å²) in [4.78, 5) is 39.5. The highest BCUT2D eigenvalue weighted by Crippen LogP contribution is 2.30. The number of amides is 3. The molecule has 1 heterocycles. The van der Waals surface area contributed by atoms with Crippen molar-refractivity contribution in [2.75, 3.05) is 10.2 Å². The number of nitrogens with one attached hydrogen (secondary N) is 1. The fourth-order valence-electron chi connectivity index (χ4n) is 3.82. The maximum Gasteiger partial charge on any atom is 0.266 e. The fourth-order valence-corrected chi connectivity index (χ4v) is 3.82. The first-order valence-corrected chi connectivity index (χ1v) is 10.8. The number of hydrogen-bond acceptors (Lipinski definition) is 4. The van der Waals surface area contributed by atoms with Gasteiger partial charge < -0.3 is 10.1 Å². The van der Waals surface area contributed by atoms with Gasteiger partial charge in [-0.2, -0.15) is 0 Å². The lowest BCUT2D eigenvalue weighted by Gasteiger charge is -2.15. The fraction of sp³-hybridized carbons (Fsp3) is 0.0357. The van der Waals surface area contributed by atoms with Gasteiger partial charge in [0.1, 0.15) is 12.4 Å². The maximum absolute atomic E-state index is 12.9. The second-order valence-electron chi connectivity index (χ2n) is 7.80. The third-order valence-corrected chi connectivity index (χ3v) is 5.50. The van der Waals surface area contributed by atoms with Crippen molar-refractivity contribution in [2.45, 2.75) is 6.61 Å². The minimum atomic E-state index is -0.382. The molecule has 4 aromatic rings. The lowest BCUT2D eigenvalue weighted by molar-refractivity contribution is 0.0925. The average Bonchev–Trinajstić information content (AvgIpc) is 3.13. The molecule has 1 aliphatic heterocycles. The molecule has 4 aromatic carbocycles. The molecule has 0 saturated carbocycles. The van der Waals surface area contributed by atoms with Crippen molar-refractivity contribution in [3.63, 3.8) is 0 Å². The van der Waals surface area contributed by atoms with Crippen LogP contribution in [0.2, 0.25) is 0 Å². The van der Waals surface area contributed by atoms with Gasteiger partial charge in [-0.05, 0) is 54.1 Å². The quantitative estimate of drug-likeness (QED) is 0.405. The summed E-state index contributed by atoms with van der Waals surface area (Å²) in [6.07, 6.45) is 0.